The molecule has 16 heteroatoms. The number of fused-ring (bicyclic) bond motifs is 1. The van der Waals surface area contributed by atoms with Gasteiger partial charge in [0.1, 0.15) is 17.3 Å². The summed E-state index contributed by atoms with van der Waals surface area (Å²) in [4.78, 5) is 54.3. The number of carbonyl (C=O) groups is 3. The van der Waals surface area contributed by atoms with Crippen molar-refractivity contribution in [3.63, 3.8) is 0 Å². The zero-order valence-electron chi connectivity index (χ0n) is 25.8. The number of aryl methyl sites for hydroxylation is 1. The van der Waals surface area contributed by atoms with Crippen LogP contribution in [0.15, 0.2) is 36.4 Å². The summed E-state index contributed by atoms with van der Waals surface area (Å²) in [5.41, 5.74) is 0.436. The van der Waals surface area contributed by atoms with Gasteiger partial charge in [-0.2, -0.15) is 23.2 Å². The first-order valence-corrected chi connectivity index (χ1v) is 14.1. The number of benzene rings is 2. The monoisotopic (exact) mass is 649 g/mol. The van der Waals surface area contributed by atoms with Crippen molar-refractivity contribution in [1.82, 2.24) is 25.2 Å². The van der Waals surface area contributed by atoms with Gasteiger partial charge in [-0.1, -0.05) is 12.1 Å². The molecular formula is C30H32F5N7O4. The second-order valence-electron chi connectivity index (χ2n) is 11.2. The van der Waals surface area contributed by atoms with E-state index in [-0.39, 0.29) is 41.2 Å². The van der Waals surface area contributed by atoms with Crippen molar-refractivity contribution in [2.45, 2.75) is 52.5 Å². The molecule has 0 radical (unpaired) electrons. The molecule has 3 amide bonds. The van der Waals surface area contributed by atoms with Crippen LogP contribution in [0.3, 0.4) is 0 Å². The standard InChI is InChI=1S/C30H32F5N7O4/c1-15(2)42(46-27(44)30(33,34)35)26(43)18-11-10-16(3)19(12-18)23-20-13-36-29(45)41(24-21(31)8-7-9-22(24)32)25(20)39-28(38-23)37-17(4)14-40(5)6/h7-12,15,17H,13-14H2,1-6H3,(H,36,45)(H,37,38,39). The molecule has 1 atom stereocenters. The summed E-state index contributed by atoms with van der Waals surface area (Å²) >= 11 is 0. The van der Waals surface area contributed by atoms with Crippen LogP contribution in [0.1, 0.15) is 42.3 Å². The highest BCUT2D eigenvalue weighted by molar-refractivity contribution is 6.02. The molecule has 2 aromatic carbocycles. The average Bonchev–Trinajstić information content (AvgIpc) is 2.95. The smallest absolute Gasteiger partial charge is 0.350 e. The van der Waals surface area contributed by atoms with Crippen molar-refractivity contribution in [2.24, 2.45) is 0 Å². The minimum atomic E-state index is -5.34. The van der Waals surface area contributed by atoms with Crippen molar-refractivity contribution in [3.05, 3.63) is 64.7 Å². The first-order valence-electron chi connectivity index (χ1n) is 14.1. The van der Waals surface area contributed by atoms with Gasteiger partial charge in [-0.15, -0.1) is 0 Å². The molecule has 246 valence electrons. The number of hydrogen-bond acceptors (Lipinski definition) is 8. The number of halogens is 5. The molecule has 0 saturated heterocycles. The van der Waals surface area contributed by atoms with Gasteiger partial charge in [-0.25, -0.2) is 28.3 Å². The summed E-state index contributed by atoms with van der Waals surface area (Å²) in [7, 11) is 3.70. The molecule has 1 aromatic heterocycles. The van der Waals surface area contributed by atoms with E-state index in [2.05, 4.69) is 25.4 Å². The third-order valence-electron chi connectivity index (χ3n) is 6.81. The fourth-order valence-corrected chi connectivity index (χ4v) is 4.83. The maximum absolute atomic E-state index is 15.0. The Kier molecular flexibility index (Phi) is 9.80. The van der Waals surface area contributed by atoms with Crippen molar-refractivity contribution >= 4 is 35.4 Å². The predicted octanol–water partition coefficient (Wildman–Crippen LogP) is 5.32. The number of nitrogens with zero attached hydrogens (tertiary/aromatic N) is 5. The number of likely N-dealkylation sites (N-methyl/N-ethyl adjacent to an activating group) is 1. The Labute approximate surface area is 261 Å². The molecule has 3 aromatic rings. The highest BCUT2D eigenvalue weighted by Crippen LogP contribution is 2.39. The zero-order chi connectivity index (χ0) is 34.1. The van der Waals surface area contributed by atoms with Gasteiger partial charge in [-0.3, -0.25) is 4.79 Å². The second kappa shape index (κ2) is 13.2. The minimum Gasteiger partial charge on any atom is -0.350 e. The van der Waals surface area contributed by atoms with Crippen LogP contribution in [-0.2, 0) is 16.2 Å². The van der Waals surface area contributed by atoms with E-state index in [4.69, 9.17) is 0 Å². The van der Waals surface area contributed by atoms with E-state index < -0.39 is 47.4 Å². The molecule has 0 aliphatic carbocycles. The van der Waals surface area contributed by atoms with Crippen LogP contribution in [0.5, 0.6) is 0 Å². The number of amides is 3. The van der Waals surface area contributed by atoms with Gasteiger partial charge in [-0.05, 0) is 71.6 Å². The number of urea groups is 1. The number of hydrogen-bond donors (Lipinski definition) is 2. The van der Waals surface area contributed by atoms with Crippen molar-refractivity contribution in [1.29, 1.82) is 0 Å². The lowest BCUT2D eigenvalue weighted by atomic mass is 9.97. The molecule has 11 nitrogen and oxygen atoms in total. The zero-order valence-corrected chi connectivity index (χ0v) is 25.8. The van der Waals surface area contributed by atoms with Crippen LogP contribution < -0.4 is 15.5 Å². The normalized spacial score (nSPS) is 13.8. The predicted molar refractivity (Wildman–Crippen MR) is 158 cm³/mol. The third-order valence-corrected chi connectivity index (χ3v) is 6.81. The van der Waals surface area contributed by atoms with Gasteiger partial charge in [0.05, 0.1) is 18.3 Å². The molecule has 0 fully saturated rings. The molecule has 4 rings (SSSR count). The molecule has 0 spiro atoms. The van der Waals surface area contributed by atoms with Gasteiger partial charge >= 0.3 is 18.2 Å². The maximum Gasteiger partial charge on any atom is 0.493 e. The Hall–Kier alpha value is -4.86. The maximum atomic E-state index is 15.0. The summed E-state index contributed by atoms with van der Waals surface area (Å²) < 4.78 is 68.9. The number of para-hydroxylation sites is 1. The average molecular weight is 650 g/mol. The van der Waals surface area contributed by atoms with Gasteiger partial charge in [0.15, 0.2) is 5.82 Å². The Morgan fingerprint density at radius 1 is 1.09 bits per heavy atom. The van der Waals surface area contributed by atoms with Crippen LogP contribution in [0.25, 0.3) is 11.3 Å². The van der Waals surface area contributed by atoms with Gasteiger partial charge in [0, 0.05) is 29.3 Å². The molecule has 1 aliphatic heterocycles. The lowest BCUT2D eigenvalue weighted by Gasteiger charge is -2.31. The molecule has 46 heavy (non-hydrogen) atoms. The summed E-state index contributed by atoms with van der Waals surface area (Å²) in [5, 5.41) is 6.02. The molecule has 0 saturated carbocycles. The van der Waals surface area contributed by atoms with Crippen molar-refractivity contribution in [3.8, 4) is 11.3 Å². The second-order valence-corrected chi connectivity index (χ2v) is 11.2. The van der Waals surface area contributed by atoms with Crippen LogP contribution in [-0.4, -0.2) is 76.7 Å². The highest BCUT2D eigenvalue weighted by atomic mass is 19.4. The number of carbonyl (C=O) groups excluding carboxylic acids is 3. The number of aromatic nitrogens is 2. The highest BCUT2D eigenvalue weighted by Gasteiger charge is 2.44. The van der Waals surface area contributed by atoms with Crippen LogP contribution in [0.2, 0.25) is 0 Å². The lowest BCUT2D eigenvalue weighted by molar-refractivity contribution is -0.232. The Balaban J connectivity index is 1.91. The van der Waals surface area contributed by atoms with E-state index in [1.807, 2.05) is 25.9 Å². The van der Waals surface area contributed by atoms with E-state index in [0.717, 1.165) is 23.1 Å². The van der Waals surface area contributed by atoms with Crippen LogP contribution in [0, 0.1) is 18.6 Å². The third kappa shape index (κ3) is 7.17. The molecular weight excluding hydrogens is 617 g/mol. The van der Waals surface area contributed by atoms with Crippen molar-refractivity contribution < 1.29 is 41.2 Å². The van der Waals surface area contributed by atoms with Crippen LogP contribution >= 0.6 is 0 Å². The van der Waals surface area contributed by atoms with E-state index in [1.165, 1.54) is 32.0 Å². The summed E-state index contributed by atoms with van der Waals surface area (Å²) in [6, 6.07) is 5.26. The molecule has 1 unspecified atom stereocenters. The molecule has 0 bridgehead atoms. The summed E-state index contributed by atoms with van der Waals surface area (Å²) in [5.74, 6) is -5.78. The fourth-order valence-electron chi connectivity index (χ4n) is 4.83. The molecule has 2 N–H and O–H groups in total. The minimum absolute atomic E-state index is 0.00130. The van der Waals surface area contributed by atoms with E-state index >= 15 is 8.78 Å². The Morgan fingerprint density at radius 2 is 1.74 bits per heavy atom. The summed E-state index contributed by atoms with van der Waals surface area (Å²) in [6.07, 6.45) is -5.34. The van der Waals surface area contributed by atoms with Gasteiger partial charge in [0.2, 0.25) is 5.95 Å². The van der Waals surface area contributed by atoms with Gasteiger partial charge in [0.25, 0.3) is 5.91 Å². The first kappa shape index (κ1) is 34.0. The number of nitrogens with one attached hydrogen (secondary N) is 2. The summed E-state index contributed by atoms with van der Waals surface area (Å²) in [6.45, 7) is 6.62. The Bertz CT molecular complexity index is 1650. The van der Waals surface area contributed by atoms with Crippen LogP contribution in [0.4, 0.5) is 44.2 Å². The number of alkyl halides is 3. The van der Waals surface area contributed by atoms with Gasteiger partial charge < -0.3 is 20.4 Å². The number of anilines is 3. The molecule has 2 heterocycles. The Morgan fingerprint density at radius 3 is 2.33 bits per heavy atom. The number of rotatable bonds is 8. The quantitative estimate of drug-likeness (QED) is 0.249. The van der Waals surface area contributed by atoms with Crippen molar-refractivity contribution in [2.75, 3.05) is 30.9 Å². The largest absolute Gasteiger partial charge is 0.493 e. The SMILES string of the molecule is Cc1ccc(C(=O)N(OC(=O)C(F)(F)F)C(C)C)cc1-c1nc(NC(C)CN(C)C)nc2c1CNC(=O)N2c1c(F)cccc1F. The van der Waals surface area contributed by atoms with E-state index in [0.29, 0.717) is 22.7 Å². The van der Waals surface area contributed by atoms with E-state index in [9.17, 15) is 27.6 Å². The lowest BCUT2D eigenvalue weighted by Crippen LogP contribution is -2.43. The molecule has 1 aliphatic rings. The van der Waals surface area contributed by atoms with E-state index in [1.54, 1.807) is 6.92 Å². The first-order chi connectivity index (χ1) is 21.5. The fraction of sp³-hybridized carbons (Fsp3) is 0.367. The number of hydroxylamine groups is 2. The topological polar surface area (TPSA) is 120 Å².